The van der Waals surface area contributed by atoms with E-state index in [1.807, 2.05) is 49.4 Å². The molecular formula is C18H21NO3. The Morgan fingerprint density at radius 3 is 2.32 bits per heavy atom. The number of hydrogen-bond donors (Lipinski definition) is 1. The lowest BCUT2D eigenvalue weighted by atomic mass is 10.1. The topological polar surface area (TPSA) is 47.6 Å². The van der Waals surface area contributed by atoms with Gasteiger partial charge in [0, 0.05) is 12.1 Å². The molecule has 0 spiro atoms. The molecule has 0 fully saturated rings. The van der Waals surface area contributed by atoms with Gasteiger partial charge in [-0.15, -0.1) is 0 Å². The van der Waals surface area contributed by atoms with Gasteiger partial charge in [0.15, 0.2) is 11.5 Å². The standard InChI is InChI=1S/C18H21NO3/c1-13-4-7-15(8-5-13)18(20)19-11-10-14-6-9-16(21-2)17(12-14)22-3/h4-9,12H,10-11H2,1-3H3,(H,19,20). The Morgan fingerprint density at radius 2 is 1.68 bits per heavy atom. The second-order valence-corrected chi connectivity index (χ2v) is 5.06. The van der Waals surface area contributed by atoms with Crippen LogP contribution in [0.4, 0.5) is 0 Å². The van der Waals surface area contributed by atoms with Gasteiger partial charge in [0.2, 0.25) is 0 Å². The second kappa shape index (κ2) is 7.50. The third-order valence-corrected chi connectivity index (χ3v) is 3.46. The van der Waals surface area contributed by atoms with Gasteiger partial charge >= 0.3 is 0 Å². The van der Waals surface area contributed by atoms with Gasteiger partial charge in [-0.25, -0.2) is 0 Å². The summed E-state index contributed by atoms with van der Waals surface area (Å²) in [5.41, 5.74) is 2.90. The van der Waals surface area contributed by atoms with Gasteiger partial charge in [-0.3, -0.25) is 4.79 Å². The van der Waals surface area contributed by atoms with E-state index in [0.717, 1.165) is 17.5 Å². The Hall–Kier alpha value is -2.49. The van der Waals surface area contributed by atoms with E-state index in [0.29, 0.717) is 23.6 Å². The van der Waals surface area contributed by atoms with Crippen LogP contribution >= 0.6 is 0 Å². The summed E-state index contributed by atoms with van der Waals surface area (Å²) >= 11 is 0. The fourth-order valence-corrected chi connectivity index (χ4v) is 2.16. The molecular weight excluding hydrogens is 278 g/mol. The fraction of sp³-hybridized carbons (Fsp3) is 0.278. The van der Waals surface area contributed by atoms with E-state index in [1.165, 1.54) is 0 Å². The molecule has 0 saturated heterocycles. The van der Waals surface area contributed by atoms with Crippen LogP contribution in [-0.2, 0) is 6.42 Å². The summed E-state index contributed by atoms with van der Waals surface area (Å²) in [5, 5.41) is 2.92. The molecule has 0 aromatic heterocycles. The van der Waals surface area contributed by atoms with Gasteiger partial charge in [-0.2, -0.15) is 0 Å². The van der Waals surface area contributed by atoms with E-state index in [9.17, 15) is 4.79 Å². The van der Waals surface area contributed by atoms with E-state index in [1.54, 1.807) is 14.2 Å². The van der Waals surface area contributed by atoms with Gasteiger partial charge in [0.1, 0.15) is 0 Å². The molecule has 4 nitrogen and oxygen atoms in total. The molecule has 0 aliphatic heterocycles. The van der Waals surface area contributed by atoms with Crippen LogP contribution in [0.15, 0.2) is 42.5 Å². The van der Waals surface area contributed by atoms with E-state index < -0.39 is 0 Å². The second-order valence-electron chi connectivity index (χ2n) is 5.06. The van der Waals surface area contributed by atoms with Crippen LogP contribution < -0.4 is 14.8 Å². The van der Waals surface area contributed by atoms with Gasteiger partial charge in [-0.05, 0) is 43.2 Å². The summed E-state index contributed by atoms with van der Waals surface area (Å²) in [5.74, 6) is 1.35. The number of aryl methyl sites for hydroxylation is 1. The lowest BCUT2D eigenvalue weighted by Gasteiger charge is -2.10. The van der Waals surface area contributed by atoms with Gasteiger partial charge in [-0.1, -0.05) is 23.8 Å². The predicted molar refractivity (Wildman–Crippen MR) is 86.8 cm³/mol. The van der Waals surface area contributed by atoms with Crippen molar-refractivity contribution in [2.45, 2.75) is 13.3 Å². The molecule has 0 radical (unpaired) electrons. The normalized spacial score (nSPS) is 10.1. The Bertz CT molecular complexity index is 635. The number of hydrogen-bond acceptors (Lipinski definition) is 3. The molecule has 0 heterocycles. The summed E-state index contributed by atoms with van der Waals surface area (Å²) in [4.78, 5) is 12.0. The van der Waals surface area contributed by atoms with Gasteiger partial charge in [0.25, 0.3) is 5.91 Å². The smallest absolute Gasteiger partial charge is 0.251 e. The van der Waals surface area contributed by atoms with E-state index >= 15 is 0 Å². The molecule has 2 aromatic carbocycles. The highest BCUT2D eigenvalue weighted by atomic mass is 16.5. The number of amides is 1. The first-order valence-electron chi connectivity index (χ1n) is 7.20. The Kier molecular flexibility index (Phi) is 5.42. The lowest BCUT2D eigenvalue weighted by Crippen LogP contribution is -2.25. The number of ether oxygens (including phenoxy) is 2. The average molecular weight is 299 g/mol. The first-order chi connectivity index (χ1) is 10.6. The van der Waals surface area contributed by atoms with Crippen molar-refractivity contribution in [3.05, 3.63) is 59.2 Å². The fourth-order valence-electron chi connectivity index (χ4n) is 2.16. The van der Waals surface area contributed by atoms with Crippen LogP contribution in [-0.4, -0.2) is 26.7 Å². The van der Waals surface area contributed by atoms with Crippen molar-refractivity contribution in [2.24, 2.45) is 0 Å². The quantitative estimate of drug-likeness (QED) is 0.892. The van der Waals surface area contributed by atoms with Crippen LogP contribution in [0.3, 0.4) is 0 Å². The van der Waals surface area contributed by atoms with Crippen molar-refractivity contribution >= 4 is 5.91 Å². The highest BCUT2D eigenvalue weighted by molar-refractivity contribution is 5.94. The predicted octanol–water partition coefficient (Wildman–Crippen LogP) is 2.98. The molecule has 22 heavy (non-hydrogen) atoms. The maximum atomic E-state index is 12.0. The molecule has 0 unspecified atom stereocenters. The van der Waals surface area contributed by atoms with Crippen LogP contribution in [0, 0.1) is 6.92 Å². The largest absolute Gasteiger partial charge is 0.493 e. The first kappa shape index (κ1) is 15.9. The molecule has 0 atom stereocenters. The first-order valence-corrected chi connectivity index (χ1v) is 7.20. The molecule has 0 aliphatic rings. The van der Waals surface area contributed by atoms with Crippen LogP contribution in [0.2, 0.25) is 0 Å². The molecule has 1 N–H and O–H groups in total. The Labute approximate surface area is 131 Å². The van der Waals surface area contributed by atoms with Crippen molar-refractivity contribution in [1.82, 2.24) is 5.32 Å². The summed E-state index contributed by atoms with van der Waals surface area (Å²) in [6.45, 7) is 2.57. The summed E-state index contributed by atoms with van der Waals surface area (Å²) < 4.78 is 10.5. The summed E-state index contributed by atoms with van der Waals surface area (Å²) in [6, 6.07) is 13.3. The minimum atomic E-state index is -0.0551. The van der Waals surface area contributed by atoms with Gasteiger partial charge in [0.05, 0.1) is 14.2 Å². The van der Waals surface area contributed by atoms with Crippen LogP contribution in [0.1, 0.15) is 21.5 Å². The zero-order valence-electron chi connectivity index (χ0n) is 13.2. The lowest BCUT2D eigenvalue weighted by molar-refractivity contribution is 0.0954. The van der Waals surface area contributed by atoms with E-state index in [4.69, 9.17) is 9.47 Å². The molecule has 116 valence electrons. The van der Waals surface area contributed by atoms with E-state index in [-0.39, 0.29) is 5.91 Å². The highest BCUT2D eigenvalue weighted by Crippen LogP contribution is 2.27. The SMILES string of the molecule is COc1ccc(CCNC(=O)c2ccc(C)cc2)cc1OC. The zero-order chi connectivity index (χ0) is 15.9. The number of nitrogens with one attached hydrogen (secondary N) is 1. The number of methoxy groups -OCH3 is 2. The number of carbonyl (C=O) groups is 1. The molecule has 0 aliphatic carbocycles. The van der Waals surface area contributed by atoms with Crippen molar-refractivity contribution in [3.63, 3.8) is 0 Å². The summed E-state index contributed by atoms with van der Waals surface area (Å²) in [6.07, 6.45) is 0.734. The summed E-state index contributed by atoms with van der Waals surface area (Å²) in [7, 11) is 3.22. The van der Waals surface area contributed by atoms with E-state index in [2.05, 4.69) is 5.32 Å². The Balaban J connectivity index is 1.90. The van der Waals surface area contributed by atoms with Crippen molar-refractivity contribution in [3.8, 4) is 11.5 Å². The highest BCUT2D eigenvalue weighted by Gasteiger charge is 2.06. The molecule has 1 amide bonds. The molecule has 0 bridgehead atoms. The zero-order valence-corrected chi connectivity index (χ0v) is 13.2. The maximum absolute atomic E-state index is 12.0. The number of carbonyl (C=O) groups excluding carboxylic acids is 1. The molecule has 2 aromatic rings. The molecule has 2 rings (SSSR count). The Morgan fingerprint density at radius 1 is 1.00 bits per heavy atom. The average Bonchev–Trinajstić information content (AvgIpc) is 2.55. The van der Waals surface area contributed by atoms with Crippen molar-refractivity contribution < 1.29 is 14.3 Å². The monoisotopic (exact) mass is 299 g/mol. The van der Waals surface area contributed by atoms with Crippen molar-refractivity contribution in [1.29, 1.82) is 0 Å². The van der Waals surface area contributed by atoms with Crippen molar-refractivity contribution in [2.75, 3.05) is 20.8 Å². The minimum absolute atomic E-state index is 0.0551. The van der Waals surface area contributed by atoms with Gasteiger partial charge < -0.3 is 14.8 Å². The maximum Gasteiger partial charge on any atom is 0.251 e. The third-order valence-electron chi connectivity index (χ3n) is 3.46. The minimum Gasteiger partial charge on any atom is -0.493 e. The van der Waals surface area contributed by atoms with Crippen LogP contribution in [0.25, 0.3) is 0 Å². The van der Waals surface area contributed by atoms with Crippen LogP contribution in [0.5, 0.6) is 11.5 Å². The molecule has 4 heteroatoms. The molecule has 0 saturated carbocycles. The number of benzene rings is 2. The third kappa shape index (κ3) is 4.01. The number of rotatable bonds is 6.